The first kappa shape index (κ1) is 68.5. The Morgan fingerprint density at radius 3 is 1.36 bits per heavy atom. The normalized spacial score (nSPS) is 25.6. The second kappa shape index (κ2) is 46.4. The molecule has 2 rings (SSSR count). The molecule has 0 aliphatic carbocycles. The van der Waals surface area contributed by atoms with Gasteiger partial charge in [0.05, 0.1) is 32.0 Å². The number of aliphatic hydroxyl groups is 8. The number of aliphatic hydroxyl groups excluding tert-OH is 8. The summed E-state index contributed by atoms with van der Waals surface area (Å²) in [5, 5.41) is 86.9. The lowest BCUT2D eigenvalue weighted by atomic mass is 9.97. The molecule has 2 aliphatic rings. The minimum absolute atomic E-state index is 0.0464. The van der Waals surface area contributed by atoms with Crippen molar-refractivity contribution in [3.8, 4) is 0 Å². The van der Waals surface area contributed by atoms with Gasteiger partial charge in [0.15, 0.2) is 12.6 Å². The van der Waals surface area contributed by atoms with Crippen molar-refractivity contribution in [2.75, 3.05) is 19.8 Å². The fourth-order valence-electron chi connectivity index (χ4n) is 9.42. The van der Waals surface area contributed by atoms with Gasteiger partial charge in [0.1, 0.15) is 48.8 Å². The van der Waals surface area contributed by atoms with Crippen LogP contribution in [0.25, 0.3) is 0 Å². The fourth-order valence-corrected chi connectivity index (χ4v) is 9.42. The van der Waals surface area contributed by atoms with Gasteiger partial charge >= 0.3 is 0 Å². The minimum atomic E-state index is -1.80. The second-order valence-corrected chi connectivity index (χ2v) is 20.8. The summed E-state index contributed by atoms with van der Waals surface area (Å²) < 4.78 is 22.7. The Labute approximate surface area is 453 Å². The van der Waals surface area contributed by atoms with Crippen LogP contribution >= 0.6 is 0 Å². The molecule has 0 radical (unpaired) electrons. The van der Waals surface area contributed by atoms with E-state index in [1.807, 2.05) is 18.2 Å². The van der Waals surface area contributed by atoms with E-state index in [0.29, 0.717) is 6.42 Å². The molecule has 0 aromatic rings. The molecule has 14 nitrogen and oxygen atoms in total. The highest BCUT2D eigenvalue weighted by molar-refractivity contribution is 5.77. The van der Waals surface area contributed by atoms with Crippen molar-refractivity contribution >= 4 is 5.91 Å². The SMILES string of the molecule is CC/C=C\C/C=C\C/C=C\C/C=C\C/C=C\CC(=O)NC(COC1OC(CO)C(OC2OC(CO)C(O)C(O)C2O)C(O)C1O)C(O)/C=C/CCCCCCCCCCCCCCCCCCCCCCCCCC. The maximum Gasteiger partial charge on any atom is 0.224 e. The van der Waals surface area contributed by atoms with E-state index >= 15 is 0 Å². The van der Waals surface area contributed by atoms with Crippen molar-refractivity contribution in [1.29, 1.82) is 0 Å². The van der Waals surface area contributed by atoms with Crippen LogP contribution in [0.5, 0.6) is 0 Å². The van der Waals surface area contributed by atoms with Gasteiger partial charge in [-0.25, -0.2) is 0 Å². The summed E-state index contributed by atoms with van der Waals surface area (Å²) in [4.78, 5) is 13.2. The Morgan fingerprint density at radius 1 is 0.493 bits per heavy atom. The number of unbranched alkanes of at least 4 members (excludes halogenated alkanes) is 24. The van der Waals surface area contributed by atoms with Crippen LogP contribution in [0.15, 0.2) is 72.9 Å². The number of nitrogens with one attached hydrogen (secondary N) is 1. The fraction of sp³-hybridized carbons (Fsp3) is 0.787. The zero-order valence-corrected chi connectivity index (χ0v) is 46.5. The Bertz CT molecular complexity index is 1530. The molecule has 0 aromatic carbocycles. The van der Waals surface area contributed by atoms with E-state index in [4.69, 9.17) is 18.9 Å². The smallest absolute Gasteiger partial charge is 0.224 e. The number of allylic oxidation sites excluding steroid dienone is 10. The summed E-state index contributed by atoms with van der Waals surface area (Å²) in [6.07, 6.45) is 44.1. The molecule has 75 heavy (non-hydrogen) atoms. The molecule has 2 aliphatic heterocycles. The zero-order valence-electron chi connectivity index (χ0n) is 46.5. The standard InChI is InChI=1S/C61H107NO13/c1-3-5-7-9-11-13-15-17-19-20-21-22-23-24-25-26-27-28-29-31-32-34-36-38-40-42-44-50(65)49(62-53(66)45-43-41-39-37-35-33-30-18-16-14-12-10-8-6-4-2)48-72-60-58(71)56(69)59(52(47-64)74-60)75-61-57(70)55(68)54(67)51(46-63)73-61/h6,8,12,14,18,30,35,37,41-44,49-52,54-61,63-65,67-71H,3-5,7,9-11,13,15-17,19-29,31-34,36,38-40,45-48H2,1-2H3,(H,62,66)/b8-6-,14-12-,30-18-,37-35-,43-41-,44-42+. The molecule has 0 saturated carbocycles. The third-order valence-electron chi connectivity index (χ3n) is 14.2. The van der Waals surface area contributed by atoms with Crippen molar-refractivity contribution in [1.82, 2.24) is 5.32 Å². The number of amides is 1. The second-order valence-electron chi connectivity index (χ2n) is 20.8. The van der Waals surface area contributed by atoms with E-state index in [0.717, 1.165) is 51.4 Å². The van der Waals surface area contributed by atoms with Crippen LogP contribution in [0.1, 0.15) is 213 Å². The van der Waals surface area contributed by atoms with Gasteiger partial charge in [-0.05, 0) is 44.9 Å². The monoisotopic (exact) mass is 1060 g/mol. The highest BCUT2D eigenvalue weighted by atomic mass is 16.7. The van der Waals surface area contributed by atoms with E-state index in [-0.39, 0.29) is 18.9 Å². The van der Waals surface area contributed by atoms with Gasteiger partial charge in [0, 0.05) is 6.42 Å². The lowest BCUT2D eigenvalue weighted by Gasteiger charge is -2.46. The molecule has 2 fully saturated rings. The van der Waals surface area contributed by atoms with E-state index in [1.165, 1.54) is 135 Å². The summed E-state index contributed by atoms with van der Waals surface area (Å²) in [5.41, 5.74) is 0. The first-order chi connectivity index (χ1) is 36.6. The van der Waals surface area contributed by atoms with Gasteiger partial charge in [0.2, 0.25) is 5.91 Å². The molecule has 12 unspecified atom stereocenters. The van der Waals surface area contributed by atoms with Crippen LogP contribution in [0.3, 0.4) is 0 Å². The molecule has 0 spiro atoms. The molecule has 1 amide bonds. The van der Waals surface area contributed by atoms with E-state index in [2.05, 4.69) is 61.7 Å². The number of ether oxygens (including phenoxy) is 4. The number of carbonyl (C=O) groups is 1. The predicted molar refractivity (Wildman–Crippen MR) is 300 cm³/mol. The largest absolute Gasteiger partial charge is 0.394 e. The number of hydrogen-bond acceptors (Lipinski definition) is 13. The van der Waals surface area contributed by atoms with Crippen LogP contribution in [-0.2, 0) is 23.7 Å². The van der Waals surface area contributed by atoms with Crippen molar-refractivity contribution < 1.29 is 64.6 Å². The number of carbonyl (C=O) groups excluding carboxylic acids is 1. The molecule has 12 atom stereocenters. The molecular weight excluding hydrogens is 955 g/mol. The minimum Gasteiger partial charge on any atom is -0.394 e. The zero-order chi connectivity index (χ0) is 54.6. The average Bonchev–Trinajstić information content (AvgIpc) is 3.41. The Balaban J connectivity index is 1.77. The van der Waals surface area contributed by atoms with Crippen molar-refractivity contribution in [2.24, 2.45) is 0 Å². The van der Waals surface area contributed by atoms with Gasteiger partial charge in [-0.1, -0.05) is 234 Å². The summed E-state index contributed by atoms with van der Waals surface area (Å²) in [5.74, 6) is -0.367. The lowest BCUT2D eigenvalue weighted by molar-refractivity contribution is -0.359. The molecular formula is C61H107NO13. The molecule has 9 N–H and O–H groups in total. The van der Waals surface area contributed by atoms with Crippen LogP contribution in [-0.4, -0.2) is 140 Å². The third kappa shape index (κ3) is 32.2. The van der Waals surface area contributed by atoms with Gasteiger partial charge < -0.3 is 65.1 Å². The van der Waals surface area contributed by atoms with Gasteiger partial charge in [0.25, 0.3) is 0 Å². The van der Waals surface area contributed by atoms with Crippen molar-refractivity contribution in [2.45, 2.75) is 286 Å². The van der Waals surface area contributed by atoms with Crippen LogP contribution < -0.4 is 5.32 Å². The molecule has 434 valence electrons. The van der Waals surface area contributed by atoms with Crippen LogP contribution in [0, 0.1) is 0 Å². The van der Waals surface area contributed by atoms with Crippen molar-refractivity contribution in [3.05, 3.63) is 72.9 Å². The van der Waals surface area contributed by atoms with Gasteiger partial charge in [-0.15, -0.1) is 0 Å². The molecule has 14 heteroatoms. The van der Waals surface area contributed by atoms with Crippen LogP contribution in [0.2, 0.25) is 0 Å². The average molecular weight is 1060 g/mol. The first-order valence-electron chi connectivity index (χ1n) is 29.7. The number of hydrogen-bond donors (Lipinski definition) is 9. The lowest BCUT2D eigenvalue weighted by Crippen LogP contribution is -2.65. The highest BCUT2D eigenvalue weighted by Crippen LogP contribution is 2.30. The van der Waals surface area contributed by atoms with Gasteiger partial charge in [-0.2, -0.15) is 0 Å². The van der Waals surface area contributed by atoms with E-state index in [1.54, 1.807) is 12.2 Å². The third-order valence-corrected chi connectivity index (χ3v) is 14.2. The number of rotatable bonds is 46. The summed E-state index contributed by atoms with van der Waals surface area (Å²) in [6, 6.07) is -0.973. The maximum atomic E-state index is 13.2. The Morgan fingerprint density at radius 2 is 0.907 bits per heavy atom. The molecule has 2 heterocycles. The Hall–Kier alpha value is -2.57. The van der Waals surface area contributed by atoms with E-state index in [9.17, 15) is 45.6 Å². The molecule has 0 bridgehead atoms. The van der Waals surface area contributed by atoms with Crippen molar-refractivity contribution in [3.63, 3.8) is 0 Å². The first-order valence-corrected chi connectivity index (χ1v) is 29.7. The van der Waals surface area contributed by atoms with E-state index < -0.39 is 86.8 Å². The predicted octanol–water partition coefficient (Wildman–Crippen LogP) is 9.94. The molecule has 0 aromatic heterocycles. The Kier molecular flexibility index (Phi) is 42.4. The van der Waals surface area contributed by atoms with Gasteiger partial charge in [-0.3, -0.25) is 4.79 Å². The summed E-state index contributed by atoms with van der Waals surface area (Å²) in [7, 11) is 0. The maximum absolute atomic E-state index is 13.2. The molecule has 2 saturated heterocycles. The summed E-state index contributed by atoms with van der Waals surface area (Å²) in [6.45, 7) is 2.62. The quantitative estimate of drug-likeness (QED) is 0.0205. The van der Waals surface area contributed by atoms with Crippen LogP contribution in [0.4, 0.5) is 0 Å². The highest BCUT2D eigenvalue weighted by Gasteiger charge is 2.51. The summed E-state index contributed by atoms with van der Waals surface area (Å²) >= 11 is 0. The topological polar surface area (TPSA) is 228 Å².